The van der Waals surface area contributed by atoms with Gasteiger partial charge in [0.2, 0.25) is 5.91 Å². The predicted octanol–water partition coefficient (Wildman–Crippen LogP) is 3.14. The third-order valence-corrected chi connectivity index (χ3v) is 4.45. The number of likely N-dealkylation sites (N-methyl/N-ethyl adjacent to an activating group) is 1. The maximum absolute atomic E-state index is 12.8. The van der Waals surface area contributed by atoms with E-state index in [-0.39, 0.29) is 23.5 Å². The summed E-state index contributed by atoms with van der Waals surface area (Å²) in [5.41, 5.74) is 0. The number of thiophene rings is 1. The van der Waals surface area contributed by atoms with Crippen molar-refractivity contribution >= 4 is 23.2 Å². The summed E-state index contributed by atoms with van der Waals surface area (Å²) in [7, 11) is 0. The average Bonchev–Trinajstić information content (AvgIpc) is 3.21. The van der Waals surface area contributed by atoms with Crippen molar-refractivity contribution in [2.24, 2.45) is 5.92 Å². The predicted molar refractivity (Wildman–Crippen MR) is 90.2 cm³/mol. The number of amides is 2. The van der Waals surface area contributed by atoms with Crippen LogP contribution in [0.2, 0.25) is 0 Å². The molecule has 6 heteroatoms. The van der Waals surface area contributed by atoms with Crippen LogP contribution in [-0.2, 0) is 11.3 Å². The molecule has 5 nitrogen and oxygen atoms in total. The molecular weight excluding hydrogens is 312 g/mol. The Kier molecular flexibility index (Phi) is 5.98. The Balaban J connectivity index is 2.08. The minimum atomic E-state index is -0.576. The van der Waals surface area contributed by atoms with Crippen LogP contribution in [0.15, 0.2) is 40.3 Å². The van der Waals surface area contributed by atoms with E-state index in [0.29, 0.717) is 13.1 Å². The maximum Gasteiger partial charge on any atom is 0.287 e. The number of furan rings is 1. The molecule has 0 aliphatic heterocycles. The monoisotopic (exact) mass is 334 g/mol. The van der Waals surface area contributed by atoms with Crippen molar-refractivity contribution < 1.29 is 14.0 Å². The van der Waals surface area contributed by atoms with Gasteiger partial charge in [-0.3, -0.25) is 9.59 Å². The minimum absolute atomic E-state index is 0.0150. The van der Waals surface area contributed by atoms with Crippen LogP contribution in [0, 0.1) is 5.92 Å². The summed E-state index contributed by atoms with van der Waals surface area (Å²) >= 11 is 1.62. The standard InChI is InChI=1S/C17H22N2O3S/c1-4-19(11-13-7-6-10-23-13)17(21)15(12(2)3)18-16(20)14-8-5-9-22-14/h5-10,12,15H,4,11H2,1-3H3,(H,18,20). The number of nitrogens with one attached hydrogen (secondary N) is 1. The second-order valence-corrected chi connectivity index (χ2v) is 6.64. The smallest absolute Gasteiger partial charge is 0.287 e. The fourth-order valence-electron chi connectivity index (χ4n) is 2.27. The molecule has 1 N–H and O–H groups in total. The third kappa shape index (κ3) is 4.45. The van der Waals surface area contributed by atoms with Crippen molar-refractivity contribution in [2.75, 3.05) is 6.54 Å². The Morgan fingerprint density at radius 1 is 1.30 bits per heavy atom. The molecule has 0 saturated carbocycles. The lowest BCUT2D eigenvalue weighted by Crippen LogP contribution is -2.50. The number of rotatable bonds is 7. The fourth-order valence-corrected chi connectivity index (χ4v) is 2.99. The molecule has 0 spiro atoms. The van der Waals surface area contributed by atoms with E-state index < -0.39 is 6.04 Å². The van der Waals surface area contributed by atoms with Crippen molar-refractivity contribution in [1.29, 1.82) is 0 Å². The van der Waals surface area contributed by atoms with E-state index in [1.807, 2.05) is 38.3 Å². The number of nitrogens with zero attached hydrogens (tertiary/aromatic N) is 1. The number of hydrogen-bond donors (Lipinski definition) is 1. The van der Waals surface area contributed by atoms with Crippen LogP contribution in [0.5, 0.6) is 0 Å². The molecule has 1 atom stereocenters. The summed E-state index contributed by atoms with van der Waals surface area (Å²) in [5, 5.41) is 4.78. The molecule has 0 bridgehead atoms. The highest BCUT2D eigenvalue weighted by Crippen LogP contribution is 2.15. The molecule has 0 aliphatic rings. The molecule has 23 heavy (non-hydrogen) atoms. The van der Waals surface area contributed by atoms with Gasteiger partial charge in [0.25, 0.3) is 5.91 Å². The number of carbonyl (C=O) groups excluding carboxylic acids is 2. The first-order chi connectivity index (χ1) is 11.0. The Labute approximate surface area is 140 Å². The lowest BCUT2D eigenvalue weighted by atomic mass is 10.0. The highest BCUT2D eigenvalue weighted by molar-refractivity contribution is 7.09. The molecule has 124 valence electrons. The van der Waals surface area contributed by atoms with E-state index in [2.05, 4.69) is 5.32 Å². The Hall–Kier alpha value is -2.08. The molecule has 0 radical (unpaired) electrons. The SMILES string of the molecule is CCN(Cc1cccs1)C(=O)C(NC(=O)c1ccco1)C(C)C. The highest BCUT2D eigenvalue weighted by atomic mass is 32.1. The molecule has 2 amide bonds. The topological polar surface area (TPSA) is 62.6 Å². The van der Waals surface area contributed by atoms with Crippen molar-refractivity contribution in [3.05, 3.63) is 46.5 Å². The Bertz CT molecular complexity index is 620. The van der Waals surface area contributed by atoms with Crippen LogP contribution < -0.4 is 5.32 Å². The summed E-state index contributed by atoms with van der Waals surface area (Å²) in [4.78, 5) is 27.9. The van der Waals surface area contributed by atoms with E-state index >= 15 is 0 Å². The van der Waals surface area contributed by atoms with Gasteiger partial charge in [-0.25, -0.2) is 0 Å². The summed E-state index contributed by atoms with van der Waals surface area (Å²) in [6, 6.07) is 6.63. The van der Waals surface area contributed by atoms with E-state index in [0.717, 1.165) is 4.88 Å². The zero-order chi connectivity index (χ0) is 16.8. The summed E-state index contributed by atoms with van der Waals surface area (Å²) in [5.74, 6) is -0.242. The first kappa shape index (κ1) is 17.3. The normalized spacial score (nSPS) is 12.2. The average molecular weight is 334 g/mol. The second kappa shape index (κ2) is 7.97. The zero-order valence-electron chi connectivity index (χ0n) is 13.6. The quantitative estimate of drug-likeness (QED) is 0.846. The van der Waals surface area contributed by atoms with Gasteiger partial charge < -0.3 is 14.6 Å². The molecule has 2 aromatic heterocycles. The minimum Gasteiger partial charge on any atom is -0.459 e. The number of carbonyl (C=O) groups is 2. The van der Waals surface area contributed by atoms with Crippen molar-refractivity contribution in [1.82, 2.24) is 10.2 Å². The first-order valence-electron chi connectivity index (χ1n) is 7.68. The molecular formula is C17H22N2O3S. The maximum atomic E-state index is 12.8. The summed E-state index contributed by atoms with van der Waals surface area (Å²) in [6.07, 6.45) is 1.44. The highest BCUT2D eigenvalue weighted by Gasteiger charge is 2.29. The van der Waals surface area contributed by atoms with Crippen molar-refractivity contribution in [3.63, 3.8) is 0 Å². The van der Waals surface area contributed by atoms with Gasteiger partial charge in [-0.05, 0) is 36.4 Å². The van der Waals surface area contributed by atoms with E-state index in [9.17, 15) is 9.59 Å². The largest absolute Gasteiger partial charge is 0.459 e. The fraction of sp³-hybridized carbons (Fsp3) is 0.412. The molecule has 0 fully saturated rings. The van der Waals surface area contributed by atoms with Crippen LogP contribution in [0.3, 0.4) is 0 Å². The van der Waals surface area contributed by atoms with Gasteiger partial charge >= 0.3 is 0 Å². The lowest BCUT2D eigenvalue weighted by molar-refractivity contribution is -0.134. The van der Waals surface area contributed by atoms with Crippen LogP contribution >= 0.6 is 11.3 Å². The van der Waals surface area contributed by atoms with Gasteiger partial charge in [0.05, 0.1) is 12.8 Å². The molecule has 2 heterocycles. The Morgan fingerprint density at radius 2 is 2.09 bits per heavy atom. The van der Waals surface area contributed by atoms with Gasteiger partial charge in [0.1, 0.15) is 6.04 Å². The molecule has 2 rings (SSSR count). The van der Waals surface area contributed by atoms with Crippen molar-refractivity contribution in [2.45, 2.75) is 33.4 Å². The van der Waals surface area contributed by atoms with Crippen molar-refractivity contribution in [3.8, 4) is 0 Å². The first-order valence-corrected chi connectivity index (χ1v) is 8.56. The van der Waals surface area contributed by atoms with Gasteiger partial charge in [0.15, 0.2) is 5.76 Å². The molecule has 0 saturated heterocycles. The molecule has 2 aromatic rings. The van der Waals surface area contributed by atoms with Crippen LogP contribution in [0.1, 0.15) is 36.2 Å². The number of hydrogen-bond acceptors (Lipinski definition) is 4. The summed E-state index contributed by atoms with van der Waals surface area (Å²) in [6.45, 7) is 6.94. The van der Waals surface area contributed by atoms with Gasteiger partial charge in [-0.15, -0.1) is 11.3 Å². The van der Waals surface area contributed by atoms with Gasteiger partial charge in [-0.1, -0.05) is 19.9 Å². The lowest BCUT2D eigenvalue weighted by Gasteiger charge is -2.28. The summed E-state index contributed by atoms with van der Waals surface area (Å²) < 4.78 is 5.09. The Morgan fingerprint density at radius 3 is 2.61 bits per heavy atom. The van der Waals surface area contributed by atoms with Crippen LogP contribution in [-0.4, -0.2) is 29.3 Å². The zero-order valence-corrected chi connectivity index (χ0v) is 14.4. The third-order valence-electron chi connectivity index (χ3n) is 3.58. The van der Waals surface area contributed by atoms with E-state index in [1.54, 1.807) is 28.4 Å². The van der Waals surface area contributed by atoms with E-state index in [1.165, 1.54) is 6.26 Å². The van der Waals surface area contributed by atoms with Gasteiger partial charge in [-0.2, -0.15) is 0 Å². The van der Waals surface area contributed by atoms with Crippen LogP contribution in [0.4, 0.5) is 0 Å². The van der Waals surface area contributed by atoms with Crippen LogP contribution in [0.25, 0.3) is 0 Å². The van der Waals surface area contributed by atoms with E-state index in [4.69, 9.17) is 4.42 Å². The molecule has 0 aliphatic carbocycles. The molecule has 0 aromatic carbocycles. The van der Waals surface area contributed by atoms with Gasteiger partial charge in [0, 0.05) is 11.4 Å². The second-order valence-electron chi connectivity index (χ2n) is 5.60. The molecule has 1 unspecified atom stereocenters.